The van der Waals surface area contributed by atoms with Crippen LogP contribution in [0.5, 0.6) is 11.5 Å². The van der Waals surface area contributed by atoms with Gasteiger partial charge in [0.05, 0.1) is 25.0 Å². The smallest absolute Gasteiger partial charge is 0.309 e. The number of fused-ring (bicyclic) bond motifs is 1. The number of hydrogen-bond donors (Lipinski definition) is 0. The third-order valence-electron chi connectivity index (χ3n) is 9.09. The van der Waals surface area contributed by atoms with Crippen molar-refractivity contribution in [2.45, 2.75) is 50.2 Å². The van der Waals surface area contributed by atoms with E-state index in [0.717, 1.165) is 35.9 Å². The summed E-state index contributed by atoms with van der Waals surface area (Å²) in [5.74, 6) is 1.28. The second-order valence-electron chi connectivity index (χ2n) is 9.75. The van der Waals surface area contributed by atoms with Crippen molar-refractivity contribution in [1.82, 2.24) is 4.90 Å². The molecular formula is C24H28ClNO4. The largest absolute Gasteiger partial charge is 0.493 e. The SMILES string of the molecule is CCOC(=O)[C@H]1C[C@H]2C(Cl)=C[C@@]13[C@H]1Cc4ccc(OC)c5c4[C@@]3(CCN1C)[C@@]2(C)O5. The maximum atomic E-state index is 13.4. The Morgan fingerprint density at radius 2 is 2.20 bits per heavy atom. The number of ether oxygens (including phenoxy) is 3. The minimum absolute atomic E-state index is 0.0393. The maximum Gasteiger partial charge on any atom is 0.309 e. The van der Waals surface area contributed by atoms with E-state index < -0.39 is 11.0 Å². The fraction of sp³-hybridized carbons (Fsp3) is 0.625. The molecule has 30 heavy (non-hydrogen) atoms. The van der Waals surface area contributed by atoms with Crippen molar-refractivity contribution in [2.75, 3.05) is 27.3 Å². The van der Waals surface area contributed by atoms with Gasteiger partial charge in [-0.15, -0.1) is 0 Å². The number of likely N-dealkylation sites (N-methyl/N-ethyl adjacent to an activating group) is 1. The standard InChI is InChI=1S/C24H28ClNO4/c1-5-29-21(27)15-11-14-16(25)12-23(15)18-10-13-6-7-17(28-4)20-19(13)24(23,8-9-26(18)3)22(14,2)30-20/h6-7,12,14-15,18H,5,8-11H2,1-4H3/t14-,15+,18+,22-,23-,24-/m0/s1. The van der Waals surface area contributed by atoms with Crippen LogP contribution >= 0.6 is 11.6 Å². The first-order valence-electron chi connectivity index (χ1n) is 11.0. The molecule has 1 saturated carbocycles. The lowest BCUT2D eigenvalue weighted by Crippen LogP contribution is -2.80. The van der Waals surface area contributed by atoms with E-state index in [1.165, 1.54) is 11.1 Å². The van der Waals surface area contributed by atoms with Gasteiger partial charge in [0.15, 0.2) is 11.5 Å². The van der Waals surface area contributed by atoms with Crippen LogP contribution in [0.1, 0.15) is 37.8 Å². The summed E-state index contributed by atoms with van der Waals surface area (Å²) in [5, 5.41) is 0.837. The molecular weight excluding hydrogens is 402 g/mol. The van der Waals surface area contributed by atoms with Gasteiger partial charge in [0.25, 0.3) is 0 Å². The molecule has 0 radical (unpaired) electrons. The molecule has 6 heteroatoms. The van der Waals surface area contributed by atoms with Crippen LogP contribution < -0.4 is 9.47 Å². The van der Waals surface area contributed by atoms with E-state index in [0.29, 0.717) is 13.0 Å². The number of rotatable bonds is 3. The van der Waals surface area contributed by atoms with Crippen LogP contribution in [0.3, 0.4) is 0 Å². The lowest BCUT2D eigenvalue weighted by molar-refractivity contribution is -0.205. The maximum absolute atomic E-state index is 13.4. The fourth-order valence-corrected chi connectivity index (χ4v) is 8.56. The van der Waals surface area contributed by atoms with Gasteiger partial charge in [0, 0.05) is 28.0 Å². The van der Waals surface area contributed by atoms with E-state index >= 15 is 0 Å². The number of esters is 1. The molecule has 1 aromatic rings. The third kappa shape index (κ3) is 1.74. The highest BCUT2D eigenvalue weighted by atomic mass is 35.5. The van der Waals surface area contributed by atoms with E-state index in [2.05, 4.69) is 31.0 Å². The van der Waals surface area contributed by atoms with Gasteiger partial charge < -0.3 is 19.1 Å². The molecule has 2 heterocycles. The van der Waals surface area contributed by atoms with Gasteiger partial charge in [-0.05, 0) is 58.3 Å². The molecule has 1 aromatic carbocycles. The Bertz CT molecular complexity index is 1010. The third-order valence-corrected chi connectivity index (χ3v) is 9.46. The monoisotopic (exact) mass is 429 g/mol. The normalized spacial score (nSPS) is 42.3. The zero-order chi connectivity index (χ0) is 21.1. The van der Waals surface area contributed by atoms with E-state index in [1.807, 2.05) is 13.0 Å². The molecule has 6 aliphatic rings. The number of benzene rings is 1. The van der Waals surface area contributed by atoms with Gasteiger partial charge in [-0.2, -0.15) is 0 Å². The summed E-state index contributed by atoms with van der Waals surface area (Å²) < 4.78 is 18.3. The van der Waals surface area contributed by atoms with Crippen LogP contribution in [0, 0.1) is 17.3 Å². The molecule has 0 amide bonds. The molecule has 6 atom stereocenters. The molecule has 2 spiro atoms. The quantitative estimate of drug-likeness (QED) is 0.686. The van der Waals surface area contributed by atoms with Crippen molar-refractivity contribution in [3.63, 3.8) is 0 Å². The van der Waals surface area contributed by atoms with Gasteiger partial charge in [0.2, 0.25) is 0 Å². The van der Waals surface area contributed by atoms with Gasteiger partial charge in [0.1, 0.15) is 5.60 Å². The van der Waals surface area contributed by atoms with E-state index in [1.54, 1.807) is 7.11 Å². The Kier molecular flexibility index (Phi) is 3.64. The summed E-state index contributed by atoms with van der Waals surface area (Å²) in [6.45, 7) is 5.46. The lowest BCUT2D eigenvalue weighted by Gasteiger charge is -2.72. The van der Waals surface area contributed by atoms with Crippen molar-refractivity contribution in [1.29, 1.82) is 0 Å². The van der Waals surface area contributed by atoms with Crippen molar-refractivity contribution < 1.29 is 19.0 Å². The van der Waals surface area contributed by atoms with Gasteiger partial charge in [-0.25, -0.2) is 0 Å². The predicted octanol–water partition coefficient (Wildman–Crippen LogP) is 3.67. The molecule has 160 valence electrons. The summed E-state index contributed by atoms with van der Waals surface area (Å²) in [6, 6.07) is 4.39. The first-order valence-corrected chi connectivity index (χ1v) is 11.4. The second kappa shape index (κ2) is 5.74. The molecule has 0 N–H and O–H groups in total. The molecule has 7 rings (SSSR count). The van der Waals surface area contributed by atoms with E-state index in [-0.39, 0.29) is 29.3 Å². The zero-order valence-electron chi connectivity index (χ0n) is 18.0. The fourth-order valence-electron chi connectivity index (χ4n) is 8.08. The minimum atomic E-state index is -0.506. The van der Waals surface area contributed by atoms with Crippen LogP contribution in [0.2, 0.25) is 0 Å². The lowest BCUT2D eigenvalue weighted by atomic mass is 9.33. The van der Waals surface area contributed by atoms with E-state index in [9.17, 15) is 4.79 Å². The summed E-state index contributed by atoms with van der Waals surface area (Å²) in [5.41, 5.74) is 1.31. The first kappa shape index (κ1) is 19.0. The Labute approximate surface area is 182 Å². The minimum Gasteiger partial charge on any atom is -0.493 e. The van der Waals surface area contributed by atoms with Crippen molar-refractivity contribution in [2.24, 2.45) is 17.3 Å². The predicted molar refractivity (Wildman–Crippen MR) is 113 cm³/mol. The van der Waals surface area contributed by atoms with Crippen LogP contribution in [-0.2, 0) is 21.4 Å². The van der Waals surface area contributed by atoms with Gasteiger partial charge >= 0.3 is 5.97 Å². The molecule has 2 aliphatic heterocycles. The van der Waals surface area contributed by atoms with Crippen molar-refractivity contribution in [3.8, 4) is 11.5 Å². The molecule has 0 aromatic heterocycles. The Morgan fingerprint density at radius 3 is 2.93 bits per heavy atom. The Morgan fingerprint density at radius 1 is 1.40 bits per heavy atom. The van der Waals surface area contributed by atoms with Crippen LogP contribution in [0.25, 0.3) is 0 Å². The number of carbonyl (C=O) groups is 1. The van der Waals surface area contributed by atoms with E-state index in [4.69, 9.17) is 25.8 Å². The second-order valence-corrected chi connectivity index (χ2v) is 10.2. The molecule has 4 bridgehead atoms. The zero-order valence-corrected chi connectivity index (χ0v) is 18.7. The summed E-state index contributed by atoms with van der Waals surface area (Å²) in [6.07, 6.45) is 4.71. The Hall–Kier alpha value is -1.72. The summed E-state index contributed by atoms with van der Waals surface area (Å²) >= 11 is 6.96. The number of piperidine rings is 1. The van der Waals surface area contributed by atoms with Crippen molar-refractivity contribution in [3.05, 3.63) is 34.4 Å². The average molecular weight is 430 g/mol. The molecule has 5 nitrogen and oxygen atoms in total. The van der Waals surface area contributed by atoms with Crippen LogP contribution in [0.4, 0.5) is 0 Å². The summed E-state index contributed by atoms with van der Waals surface area (Å²) in [7, 11) is 3.88. The topological polar surface area (TPSA) is 48.0 Å². The van der Waals surface area contributed by atoms with Crippen LogP contribution in [-0.4, -0.2) is 49.8 Å². The number of hydrogen-bond acceptors (Lipinski definition) is 5. The highest BCUT2D eigenvalue weighted by Gasteiger charge is 2.82. The highest BCUT2D eigenvalue weighted by Crippen LogP contribution is 2.78. The number of likely N-dealkylation sites (tertiary alicyclic amines) is 1. The van der Waals surface area contributed by atoms with Crippen molar-refractivity contribution >= 4 is 17.6 Å². The Balaban J connectivity index is 1.72. The molecule has 2 fully saturated rings. The number of carbonyl (C=O) groups excluding carboxylic acids is 1. The van der Waals surface area contributed by atoms with Crippen LogP contribution in [0.15, 0.2) is 23.2 Å². The van der Waals surface area contributed by atoms with Gasteiger partial charge in [-0.1, -0.05) is 23.7 Å². The highest BCUT2D eigenvalue weighted by molar-refractivity contribution is 6.30. The number of halogens is 1. The molecule has 4 aliphatic carbocycles. The number of nitrogens with zero attached hydrogens (tertiary/aromatic N) is 1. The summed E-state index contributed by atoms with van der Waals surface area (Å²) in [4.78, 5) is 15.8. The van der Waals surface area contributed by atoms with Gasteiger partial charge in [-0.3, -0.25) is 4.79 Å². The average Bonchev–Trinajstić information content (AvgIpc) is 2.99. The number of methoxy groups -OCH3 is 1. The molecule has 1 saturated heterocycles. The molecule has 0 unspecified atom stereocenters. The first-order chi connectivity index (χ1) is 14.4.